The molecule has 1 nitrogen and oxygen atoms in total. The summed E-state index contributed by atoms with van der Waals surface area (Å²) >= 11 is 12.0. The molecule has 17 heavy (non-hydrogen) atoms. The zero-order valence-electron chi connectivity index (χ0n) is 8.79. The van der Waals surface area contributed by atoms with Crippen LogP contribution in [0.5, 0.6) is 5.75 Å². The van der Waals surface area contributed by atoms with Crippen molar-refractivity contribution in [3.63, 3.8) is 0 Å². The third-order valence-electron chi connectivity index (χ3n) is 2.26. The standard InChI is InChI=1S/C13H9Cl2FO/c14-12-2-1-3-13(15)11(12)8-17-10-6-4-9(16)5-7-10/h1-7H,8H2. The highest BCUT2D eigenvalue weighted by molar-refractivity contribution is 6.35. The van der Waals surface area contributed by atoms with Gasteiger partial charge < -0.3 is 4.74 Å². The molecule has 0 aliphatic heterocycles. The van der Waals surface area contributed by atoms with Crippen LogP contribution in [0.2, 0.25) is 10.0 Å². The Bertz CT molecular complexity index is 491. The number of hydrogen-bond donors (Lipinski definition) is 0. The van der Waals surface area contributed by atoms with E-state index in [1.54, 1.807) is 30.3 Å². The molecule has 0 unspecified atom stereocenters. The maximum Gasteiger partial charge on any atom is 0.123 e. The monoisotopic (exact) mass is 270 g/mol. The minimum atomic E-state index is -0.298. The van der Waals surface area contributed by atoms with Crippen LogP contribution in [0.1, 0.15) is 5.56 Å². The molecule has 0 spiro atoms. The Morgan fingerprint density at radius 1 is 0.941 bits per heavy atom. The minimum Gasteiger partial charge on any atom is -0.489 e. The maximum atomic E-state index is 12.7. The zero-order chi connectivity index (χ0) is 12.3. The van der Waals surface area contributed by atoms with Gasteiger partial charge in [0.2, 0.25) is 0 Å². The lowest BCUT2D eigenvalue weighted by molar-refractivity contribution is 0.306. The molecular formula is C13H9Cl2FO. The van der Waals surface area contributed by atoms with Crippen molar-refractivity contribution in [2.45, 2.75) is 6.61 Å². The van der Waals surface area contributed by atoms with Crippen LogP contribution in [0.25, 0.3) is 0 Å². The van der Waals surface area contributed by atoms with E-state index in [9.17, 15) is 4.39 Å². The summed E-state index contributed by atoms with van der Waals surface area (Å²) in [5.74, 6) is 0.274. The quantitative estimate of drug-likeness (QED) is 0.785. The van der Waals surface area contributed by atoms with Gasteiger partial charge in [0.25, 0.3) is 0 Å². The van der Waals surface area contributed by atoms with E-state index in [1.165, 1.54) is 12.1 Å². The summed E-state index contributed by atoms with van der Waals surface area (Å²) in [6.07, 6.45) is 0. The van der Waals surface area contributed by atoms with Crippen molar-refractivity contribution in [3.05, 3.63) is 63.9 Å². The second-order valence-corrected chi connectivity index (χ2v) is 4.26. The van der Waals surface area contributed by atoms with Gasteiger partial charge in [0.05, 0.1) is 0 Å². The molecule has 0 aliphatic carbocycles. The third-order valence-corrected chi connectivity index (χ3v) is 2.97. The van der Waals surface area contributed by atoms with Gasteiger partial charge in [-0.25, -0.2) is 4.39 Å². The molecule has 0 amide bonds. The van der Waals surface area contributed by atoms with Crippen molar-refractivity contribution < 1.29 is 9.13 Å². The van der Waals surface area contributed by atoms with Gasteiger partial charge in [0.15, 0.2) is 0 Å². The van der Waals surface area contributed by atoms with E-state index in [2.05, 4.69) is 0 Å². The number of benzene rings is 2. The SMILES string of the molecule is Fc1ccc(OCc2c(Cl)cccc2Cl)cc1. The van der Waals surface area contributed by atoms with Gasteiger partial charge in [-0.15, -0.1) is 0 Å². The first-order valence-corrected chi connectivity index (χ1v) is 5.73. The normalized spacial score (nSPS) is 10.3. The molecule has 0 radical (unpaired) electrons. The Morgan fingerprint density at radius 3 is 2.12 bits per heavy atom. The Labute approximate surface area is 109 Å². The van der Waals surface area contributed by atoms with E-state index in [1.807, 2.05) is 0 Å². The first kappa shape index (κ1) is 12.2. The number of hydrogen-bond acceptors (Lipinski definition) is 1. The van der Waals surface area contributed by atoms with E-state index in [0.29, 0.717) is 15.8 Å². The molecule has 4 heteroatoms. The van der Waals surface area contributed by atoms with Crippen molar-refractivity contribution in [3.8, 4) is 5.75 Å². The number of ether oxygens (including phenoxy) is 1. The van der Waals surface area contributed by atoms with Crippen LogP contribution in [0.15, 0.2) is 42.5 Å². The topological polar surface area (TPSA) is 9.23 Å². The van der Waals surface area contributed by atoms with E-state index in [4.69, 9.17) is 27.9 Å². The van der Waals surface area contributed by atoms with E-state index in [0.717, 1.165) is 5.56 Å². The average molecular weight is 271 g/mol. The zero-order valence-corrected chi connectivity index (χ0v) is 10.3. The molecule has 0 saturated carbocycles. The summed E-state index contributed by atoms with van der Waals surface area (Å²) in [7, 11) is 0. The lowest BCUT2D eigenvalue weighted by Gasteiger charge is -2.09. The summed E-state index contributed by atoms with van der Waals surface area (Å²) in [5, 5.41) is 1.11. The van der Waals surface area contributed by atoms with E-state index >= 15 is 0 Å². The van der Waals surface area contributed by atoms with Gasteiger partial charge >= 0.3 is 0 Å². The second-order valence-electron chi connectivity index (χ2n) is 3.44. The van der Waals surface area contributed by atoms with Gasteiger partial charge in [-0.2, -0.15) is 0 Å². The molecule has 0 aliphatic rings. The predicted octanol–water partition coefficient (Wildman–Crippen LogP) is 4.71. The molecule has 0 heterocycles. The first-order chi connectivity index (χ1) is 8.16. The van der Waals surface area contributed by atoms with E-state index in [-0.39, 0.29) is 12.4 Å². The molecule has 2 aromatic rings. The molecule has 0 fully saturated rings. The molecule has 0 bridgehead atoms. The van der Waals surface area contributed by atoms with Gasteiger partial charge in [0.1, 0.15) is 18.2 Å². The van der Waals surface area contributed by atoms with Crippen LogP contribution in [0.3, 0.4) is 0 Å². The number of rotatable bonds is 3. The van der Waals surface area contributed by atoms with Crippen molar-refractivity contribution in [1.29, 1.82) is 0 Å². The van der Waals surface area contributed by atoms with Crippen LogP contribution in [0.4, 0.5) is 4.39 Å². The fourth-order valence-corrected chi connectivity index (χ4v) is 1.86. The second kappa shape index (κ2) is 5.39. The number of halogens is 3. The molecule has 0 aromatic heterocycles. The highest BCUT2D eigenvalue weighted by Crippen LogP contribution is 2.25. The van der Waals surface area contributed by atoms with Gasteiger partial charge in [-0.1, -0.05) is 29.3 Å². The molecule has 2 aromatic carbocycles. The lowest BCUT2D eigenvalue weighted by Crippen LogP contribution is -1.97. The van der Waals surface area contributed by atoms with Crippen LogP contribution in [-0.2, 0) is 6.61 Å². The van der Waals surface area contributed by atoms with Crippen molar-refractivity contribution in [2.24, 2.45) is 0 Å². The molecule has 0 saturated heterocycles. The predicted molar refractivity (Wildman–Crippen MR) is 67.2 cm³/mol. The Kier molecular flexibility index (Phi) is 3.87. The molecule has 0 N–H and O–H groups in total. The molecule has 0 atom stereocenters. The Morgan fingerprint density at radius 2 is 1.53 bits per heavy atom. The van der Waals surface area contributed by atoms with Crippen LogP contribution >= 0.6 is 23.2 Å². The summed E-state index contributed by atoms with van der Waals surface area (Å²) in [6.45, 7) is 0.254. The minimum absolute atomic E-state index is 0.254. The summed E-state index contributed by atoms with van der Waals surface area (Å²) < 4.78 is 18.2. The van der Waals surface area contributed by atoms with Crippen LogP contribution in [-0.4, -0.2) is 0 Å². The summed E-state index contributed by atoms with van der Waals surface area (Å²) in [5.41, 5.74) is 0.722. The van der Waals surface area contributed by atoms with Crippen molar-refractivity contribution in [2.75, 3.05) is 0 Å². The van der Waals surface area contributed by atoms with Gasteiger partial charge in [-0.3, -0.25) is 0 Å². The lowest BCUT2D eigenvalue weighted by atomic mass is 10.2. The molecule has 88 valence electrons. The largest absolute Gasteiger partial charge is 0.489 e. The smallest absolute Gasteiger partial charge is 0.123 e. The van der Waals surface area contributed by atoms with Crippen molar-refractivity contribution >= 4 is 23.2 Å². The van der Waals surface area contributed by atoms with Gasteiger partial charge in [0, 0.05) is 15.6 Å². The average Bonchev–Trinajstić information content (AvgIpc) is 2.31. The fraction of sp³-hybridized carbons (Fsp3) is 0.0769. The molecule has 2 rings (SSSR count). The van der Waals surface area contributed by atoms with Crippen molar-refractivity contribution in [1.82, 2.24) is 0 Å². The third kappa shape index (κ3) is 3.11. The van der Waals surface area contributed by atoms with Crippen LogP contribution < -0.4 is 4.74 Å². The molecular weight excluding hydrogens is 262 g/mol. The Hall–Kier alpha value is -1.25. The first-order valence-electron chi connectivity index (χ1n) is 4.98. The Balaban J connectivity index is 2.10. The summed E-state index contributed by atoms with van der Waals surface area (Å²) in [4.78, 5) is 0. The van der Waals surface area contributed by atoms with Gasteiger partial charge in [-0.05, 0) is 36.4 Å². The maximum absolute atomic E-state index is 12.7. The summed E-state index contributed by atoms with van der Waals surface area (Å²) in [6, 6.07) is 11.0. The highest BCUT2D eigenvalue weighted by Gasteiger charge is 2.06. The highest BCUT2D eigenvalue weighted by atomic mass is 35.5. The van der Waals surface area contributed by atoms with Crippen LogP contribution in [0, 0.1) is 5.82 Å². The van der Waals surface area contributed by atoms with E-state index < -0.39 is 0 Å². The fourth-order valence-electron chi connectivity index (χ4n) is 1.36.